The summed E-state index contributed by atoms with van der Waals surface area (Å²) in [6.07, 6.45) is 1.18. The zero-order valence-electron chi connectivity index (χ0n) is 18.2. The summed E-state index contributed by atoms with van der Waals surface area (Å²) in [6, 6.07) is 9.22. The number of benzene rings is 1. The molecule has 2 heterocycles. The van der Waals surface area contributed by atoms with E-state index in [9.17, 15) is 9.59 Å². The zero-order valence-corrected chi connectivity index (χ0v) is 18.2. The molecule has 0 aliphatic heterocycles. The summed E-state index contributed by atoms with van der Waals surface area (Å²) in [5, 5.41) is 4.28. The van der Waals surface area contributed by atoms with E-state index >= 15 is 0 Å². The highest BCUT2D eigenvalue weighted by Gasteiger charge is 2.29. The average Bonchev–Trinajstić information content (AvgIpc) is 3.15. The van der Waals surface area contributed by atoms with E-state index in [0.29, 0.717) is 49.4 Å². The van der Waals surface area contributed by atoms with Crippen LogP contribution in [0.4, 0.5) is 0 Å². The summed E-state index contributed by atoms with van der Waals surface area (Å²) in [4.78, 5) is 32.7. The number of nitrogens with two attached hydrogens (primary N) is 1. The van der Waals surface area contributed by atoms with Gasteiger partial charge in [-0.25, -0.2) is 0 Å². The minimum absolute atomic E-state index is 0.0619. The molecule has 1 unspecified atom stereocenters. The molecule has 1 atom stereocenters. The second-order valence-corrected chi connectivity index (χ2v) is 7.38. The Hall–Kier alpha value is -3.04. The van der Waals surface area contributed by atoms with Crippen LogP contribution in [0.15, 0.2) is 39.6 Å². The fourth-order valence-electron chi connectivity index (χ4n) is 3.72. The number of amides is 1. The second-order valence-electron chi connectivity index (χ2n) is 7.38. The Morgan fingerprint density at radius 1 is 1.32 bits per heavy atom. The lowest BCUT2D eigenvalue weighted by Crippen LogP contribution is -2.41. The van der Waals surface area contributed by atoms with Crippen molar-refractivity contribution in [2.24, 2.45) is 5.73 Å². The number of carbonyl (C=O) groups excluding carboxylic acids is 1. The molecule has 2 aromatic heterocycles. The fraction of sp³-hybridized carbons (Fsp3) is 0.455. The molecule has 0 bridgehead atoms. The highest BCUT2D eigenvalue weighted by Crippen LogP contribution is 2.25. The van der Waals surface area contributed by atoms with Crippen LogP contribution in [0.2, 0.25) is 0 Å². The molecule has 0 spiro atoms. The first kappa shape index (κ1) is 22.6. The Morgan fingerprint density at radius 3 is 2.71 bits per heavy atom. The molecule has 0 saturated carbocycles. The smallest absolute Gasteiger partial charge is 0.267 e. The summed E-state index contributed by atoms with van der Waals surface area (Å²) in [7, 11) is 1.48. The summed E-state index contributed by atoms with van der Waals surface area (Å²) in [5.41, 5.74) is 7.08. The number of rotatable bonds is 10. The van der Waals surface area contributed by atoms with Crippen molar-refractivity contribution in [2.45, 2.75) is 39.3 Å². The topological polar surface area (TPSA) is 116 Å². The van der Waals surface area contributed by atoms with Crippen molar-refractivity contribution in [1.82, 2.24) is 19.6 Å². The van der Waals surface area contributed by atoms with Crippen molar-refractivity contribution in [1.29, 1.82) is 0 Å². The minimum atomic E-state index is -0.444. The van der Waals surface area contributed by atoms with Crippen LogP contribution in [0.3, 0.4) is 0 Å². The highest BCUT2D eigenvalue weighted by atomic mass is 16.5. The maximum Gasteiger partial charge on any atom is 0.267 e. The van der Waals surface area contributed by atoms with Crippen LogP contribution in [0.5, 0.6) is 0 Å². The van der Waals surface area contributed by atoms with Crippen LogP contribution >= 0.6 is 0 Å². The van der Waals surface area contributed by atoms with Crippen molar-refractivity contribution in [3.05, 3.63) is 57.8 Å². The number of fused-ring (bicyclic) bond motifs is 1. The molecule has 0 radical (unpaired) electrons. The zero-order chi connectivity index (χ0) is 22.4. The molecule has 9 heteroatoms. The van der Waals surface area contributed by atoms with Crippen molar-refractivity contribution in [3.8, 4) is 0 Å². The largest absolute Gasteiger partial charge is 0.375 e. The quantitative estimate of drug-likeness (QED) is 0.526. The first-order chi connectivity index (χ1) is 15.0. The molecule has 0 saturated heterocycles. The monoisotopic (exact) mass is 427 g/mol. The second kappa shape index (κ2) is 10.3. The van der Waals surface area contributed by atoms with Gasteiger partial charge in [-0.05, 0) is 31.9 Å². The van der Waals surface area contributed by atoms with Gasteiger partial charge in [0, 0.05) is 13.7 Å². The van der Waals surface area contributed by atoms with Gasteiger partial charge in [-0.1, -0.05) is 42.4 Å². The van der Waals surface area contributed by atoms with Crippen molar-refractivity contribution in [2.75, 3.05) is 26.8 Å². The van der Waals surface area contributed by atoms with Crippen LogP contribution in [0.1, 0.15) is 42.9 Å². The van der Waals surface area contributed by atoms with Crippen molar-refractivity contribution in [3.63, 3.8) is 0 Å². The van der Waals surface area contributed by atoms with Crippen LogP contribution in [0, 0.1) is 6.92 Å². The van der Waals surface area contributed by atoms with E-state index in [1.807, 2.05) is 37.3 Å². The van der Waals surface area contributed by atoms with Gasteiger partial charge in [-0.2, -0.15) is 4.98 Å². The number of ether oxygens (including phenoxy) is 1. The van der Waals surface area contributed by atoms with E-state index in [1.54, 1.807) is 16.4 Å². The van der Waals surface area contributed by atoms with Crippen LogP contribution < -0.4 is 11.3 Å². The Bertz CT molecular complexity index is 1080. The summed E-state index contributed by atoms with van der Waals surface area (Å²) in [5.74, 6) is 0.277. The molecule has 3 rings (SSSR count). The molecule has 3 aromatic rings. The predicted octanol–water partition coefficient (Wildman–Crippen LogP) is 2.02. The van der Waals surface area contributed by atoms with E-state index in [-0.39, 0.29) is 23.8 Å². The van der Waals surface area contributed by atoms with E-state index in [4.69, 9.17) is 15.0 Å². The molecular formula is C22H29N5O4. The lowest BCUT2D eigenvalue weighted by molar-refractivity contribution is -0.138. The number of hydrogen-bond donors (Lipinski definition) is 1. The maximum atomic E-state index is 13.5. The van der Waals surface area contributed by atoms with Crippen LogP contribution in [0.25, 0.3) is 11.1 Å². The number of carbonyl (C=O) groups is 1. The molecule has 1 amide bonds. The van der Waals surface area contributed by atoms with Gasteiger partial charge in [-0.3, -0.25) is 14.2 Å². The third kappa shape index (κ3) is 4.83. The molecular weight excluding hydrogens is 398 g/mol. The minimum Gasteiger partial charge on any atom is -0.375 e. The number of aryl methyl sites for hydroxylation is 1. The SMILES string of the molecule is CCC(c1nc2onc(C)c2c(=O)n1Cc1ccccc1)N(CCCN)C(=O)COC. The summed E-state index contributed by atoms with van der Waals surface area (Å²) < 4.78 is 12.0. The molecule has 0 aliphatic carbocycles. The lowest BCUT2D eigenvalue weighted by Gasteiger charge is -2.32. The molecule has 166 valence electrons. The number of hydrogen-bond acceptors (Lipinski definition) is 7. The van der Waals surface area contributed by atoms with E-state index in [2.05, 4.69) is 10.1 Å². The summed E-state index contributed by atoms with van der Waals surface area (Å²) >= 11 is 0. The third-order valence-corrected chi connectivity index (χ3v) is 5.23. The highest BCUT2D eigenvalue weighted by molar-refractivity contribution is 5.78. The third-order valence-electron chi connectivity index (χ3n) is 5.23. The molecule has 9 nitrogen and oxygen atoms in total. The first-order valence-corrected chi connectivity index (χ1v) is 10.4. The Morgan fingerprint density at radius 2 is 2.06 bits per heavy atom. The molecule has 2 N–H and O–H groups in total. The van der Waals surface area contributed by atoms with Gasteiger partial charge >= 0.3 is 0 Å². The van der Waals surface area contributed by atoms with Crippen LogP contribution in [-0.2, 0) is 16.1 Å². The number of methoxy groups -OCH3 is 1. The summed E-state index contributed by atoms with van der Waals surface area (Å²) in [6.45, 7) is 4.81. The van der Waals surface area contributed by atoms with E-state index in [1.165, 1.54) is 7.11 Å². The van der Waals surface area contributed by atoms with E-state index < -0.39 is 6.04 Å². The Labute approximate surface area is 180 Å². The Kier molecular flexibility index (Phi) is 7.54. The predicted molar refractivity (Wildman–Crippen MR) is 117 cm³/mol. The molecule has 0 fully saturated rings. The molecule has 31 heavy (non-hydrogen) atoms. The van der Waals surface area contributed by atoms with Gasteiger partial charge in [0.15, 0.2) is 0 Å². The van der Waals surface area contributed by atoms with Gasteiger partial charge in [0.1, 0.15) is 17.8 Å². The maximum absolute atomic E-state index is 13.5. The normalized spacial score (nSPS) is 12.3. The van der Waals surface area contributed by atoms with E-state index in [0.717, 1.165) is 5.56 Å². The molecule has 0 aliphatic rings. The molecule has 1 aromatic carbocycles. The first-order valence-electron chi connectivity index (χ1n) is 10.4. The van der Waals surface area contributed by atoms with Gasteiger partial charge in [0.05, 0.1) is 18.3 Å². The Balaban J connectivity index is 2.17. The fourth-order valence-corrected chi connectivity index (χ4v) is 3.72. The van der Waals surface area contributed by atoms with Gasteiger partial charge in [-0.15, -0.1) is 0 Å². The van der Waals surface area contributed by atoms with Crippen LogP contribution in [-0.4, -0.2) is 52.3 Å². The lowest BCUT2D eigenvalue weighted by atomic mass is 10.1. The number of nitrogens with zero attached hydrogens (tertiary/aromatic N) is 4. The standard InChI is InChI=1S/C22H29N5O4/c1-4-17(26(12-8-11-23)18(28)14-30-3)20-24-21-19(15(2)25-31-21)22(29)27(20)13-16-9-6-5-7-10-16/h5-7,9-10,17H,4,8,11-14,23H2,1-3H3. The number of aromatic nitrogens is 3. The van der Waals surface area contributed by atoms with Gasteiger partial charge in [0.2, 0.25) is 5.91 Å². The van der Waals surface area contributed by atoms with Gasteiger partial charge < -0.3 is 19.9 Å². The van der Waals surface area contributed by atoms with Crippen molar-refractivity contribution >= 4 is 17.0 Å². The average molecular weight is 428 g/mol. The van der Waals surface area contributed by atoms with Crippen molar-refractivity contribution < 1.29 is 14.1 Å². The van der Waals surface area contributed by atoms with Gasteiger partial charge in [0.25, 0.3) is 11.3 Å².